The zero-order chi connectivity index (χ0) is 18.0. The van der Waals surface area contributed by atoms with Crippen LogP contribution in [0.15, 0.2) is 34.5 Å². The minimum atomic E-state index is -3.82. The van der Waals surface area contributed by atoms with Crippen LogP contribution in [-0.4, -0.2) is 38.7 Å². The van der Waals surface area contributed by atoms with Gasteiger partial charge in [0, 0.05) is 18.0 Å². The van der Waals surface area contributed by atoms with Crippen LogP contribution in [0.5, 0.6) is 0 Å². The van der Waals surface area contributed by atoms with Crippen LogP contribution in [0.4, 0.5) is 0 Å². The molecule has 1 aromatic heterocycles. The predicted molar refractivity (Wildman–Crippen MR) is 95.6 cm³/mol. The maximum atomic E-state index is 12.6. The Hall–Kier alpha value is -1.74. The quantitative estimate of drug-likeness (QED) is 0.803. The van der Waals surface area contributed by atoms with Gasteiger partial charge < -0.3 is 9.84 Å². The van der Waals surface area contributed by atoms with E-state index in [9.17, 15) is 18.3 Å². The van der Waals surface area contributed by atoms with Crippen molar-refractivity contribution in [3.63, 3.8) is 0 Å². The van der Waals surface area contributed by atoms with Gasteiger partial charge in [-0.3, -0.25) is 0 Å². The Morgan fingerprint density at radius 2 is 2.20 bits per heavy atom. The molecule has 8 heteroatoms. The van der Waals surface area contributed by atoms with Crippen LogP contribution in [0.1, 0.15) is 28.8 Å². The van der Waals surface area contributed by atoms with Crippen LogP contribution in [0.3, 0.4) is 0 Å². The van der Waals surface area contributed by atoms with E-state index in [4.69, 9.17) is 4.74 Å². The first-order chi connectivity index (χ1) is 11.9. The number of nitrogens with one attached hydrogen (secondary N) is 1. The minimum Gasteiger partial charge on any atom is -0.478 e. The summed E-state index contributed by atoms with van der Waals surface area (Å²) < 4.78 is 33.2. The topological polar surface area (TPSA) is 92.7 Å². The third kappa shape index (κ3) is 4.09. The molecule has 1 saturated heterocycles. The summed E-state index contributed by atoms with van der Waals surface area (Å²) in [5.74, 6) is -1.16. The average molecular weight is 381 g/mol. The van der Waals surface area contributed by atoms with Crippen LogP contribution in [0.25, 0.3) is 10.4 Å². The molecule has 25 heavy (non-hydrogen) atoms. The number of carboxylic acid groups (broad SMARTS) is 1. The fourth-order valence-electron chi connectivity index (χ4n) is 2.77. The number of hydrogen-bond acceptors (Lipinski definition) is 5. The van der Waals surface area contributed by atoms with Crippen molar-refractivity contribution >= 4 is 27.3 Å². The largest absolute Gasteiger partial charge is 0.478 e. The lowest BCUT2D eigenvalue weighted by molar-refractivity contribution is 0.0696. The fourth-order valence-corrected chi connectivity index (χ4v) is 4.82. The van der Waals surface area contributed by atoms with Crippen molar-refractivity contribution in [3.05, 3.63) is 40.8 Å². The summed E-state index contributed by atoms with van der Waals surface area (Å²) in [4.78, 5) is 12.2. The SMILES string of the molecule is Cc1ccsc1-c1cc(C(=O)O)cc(S(=O)(=O)NCC2CCCO2)c1. The number of sulfonamides is 1. The summed E-state index contributed by atoms with van der Waals surface area (Å²) in [6, 6.07) is 6.12. The van der Waals surface area contributed by atoms with Crippen molar-refractivity contribution < 1.29 is 23.1 Å². The van der Waals surface area contributed by atoms with Crippen molar-refractivity contribution in [3.8, 4) is 10.4 Å². The summed E-state index contributed by atoms with van der Waals surface area (Å²) in [6.45, 7) is 2.73. The molecular weight excluding hydrogens is 362 g/mol. The van der Waals surface area contributed by atoms with E-state index in [1.807, 2.05) is 18.4 Å². The summed E-state index contributed by atoms with van der Waals surface area (Å²) in [7, 11) is -3.82. The Morgan fingerprint density at radius 1 is 1.40 bits per heavy atom. The van der Waals surface area contributed by atoms with Crippen molar-refractivity contribution in [1.29, 1.82) is 0 Å². The van der Waals surface area contributed by atoms with E-state index in [0.29, 0.717) is 12.2 Å². The maximum absolute atomic E-state index is 12.6. The molecule has 6 nitrogen and oxygen atoms in total. The number of carboxylic acids is 1. The van der Waals surface area contributed by atoms with Crippen molar-refractivity contribution in [2.24, 2.45) is 0 Å². The highest BCUT2D eigenvalue weighted by molar-refractivity contribution is 7.89. The first-order valence-electron chi connectivity index (χ1n) is 7.91. The molecule has 2 heterocycles. The molecule has 0 saturated carbocycles. The summed E-state index contributed by atoms with van der Waals surface area (Å²) in [5, 5.41) is 11.2. The second-order valence-corrected chi connectivity index (χ2v) is 8.65. The number of aromatic carboxylic acids is 1. The van der Waals surface area contributed by atoms with E-state index in [1.165, 1.54) is 29.5 Å². The number of aryl methyl sites for hydroxylation is 1. The fraction of sp³-hybridized carbons (Fsp3) is 0.353. The van der Waals surface area contributed by atoms with Crippen LogP contribution in [-0.2, 0) is 14.8 Å². The maximum Gasteiger partial charge on any atom is 0.335 e. The van der Waals surface area contributed by atoms with Gasteiger partial charge in [-0.15, -0.1) is 11.3 Å². The summed E-state index contributed by atoms with van der Waals surface area (Å²) in [6.07, 6.45) is 1.61. The predicted octanol–water partition coefficient (Wildman–Crippen LogP) is 2.88. The first-order valence-corrected chi connectivity index (χ1v) is 10.3. The monoisotopic (exact) mass is 381 g/mol. The Balaban J connectivity index is 1.95. The second-order valence-electron chi connectivity index (χ2n) is 5.97. The standard InChI is InChI=1S/C17H19NO5S2/c1-11-4-6-24-16(11)12-7-13(17(19)20)9-15(8-12)25(21,22)18-10-14-3-2-5-23-14/h4,6-9,14,18H,2-3,5,10H2,1H3,(H,19,20). The van der Waals surface area contributed by atoms with Gasteiger partial charge in [-0.2, -0.15) is 0 Å². The second kappa shape index (κ2) is 7.25. The highest BCUT2D eigenvalue weighted by Crippen LogP contribution is 2.31. The molecule has 0 amide bonds. The highest BCUT2D eigenvalue weighted by atomic mass is 32.2. The van der Waals surface area contributed by atoms with E-state index in [0.717, 1.165) is 23.3 Å². The minimum absolute atomic E-state index is 0.0480. The highest BCUT2D eigenvalue weighted by Gasteiger charge is 2.22. The van der Waals surface area contributed by atoms with Gasteiger partial charge in [-0.1, -0.05) is 0 Å². The molecule has 0 aliphatic carbocycles. The zero-order valence-electron chi connectivity index (χ0n) is 13.7. The van der Waals surface area contributed by atoms with E-state index in [1.54, 1.807) is 0 Å². The zero-order valence-corrected chi connectivity index (χ0v) is 15.3. The number of hydrogen-bond donors (Lipinski definition) is 2. The number of benzene rings is 1. The van der Waals surface area contributed by atoms with Crippen LogP contribution in [0.2, 0.25) is 0 Å². The lowest BCUT2D eigenvalue weighted by Crippen LogP contribution is -2.32. The van der Waals surface area contributed by atoms with E-state index < -0.39 is 16.0 Å². The van der Waals surface area contributed by atoms with Gasteiger partial charge in [0.2, 0.25) is 10.0 Å². The first kappa shape index (κ1) is 18.1. The van der Waals surface area contributed by atoms with Gasteiger partial charge in [0.1, 0.15) is 0 Å². The van der Waals surface area contributed by atoms with Crippen molar-refractivity contribution in [2.75, 3.05) is 13.2 Å². The molecule has 3 rings (SSSR count). The van der Waals surface area contributed by atoms with Crippen LogP contribution < -0.4 is 4.72 Å². The Kier molecular flexibility index (Phi) is 5.24. The molecule has 1 unspecified atom stereocenters. The Labute approximate surface area is 150 Å². The third-order valence-corrected chi connectivity index (χ3v) is 6.58. The van der Waals surface area contributed by atoms with Gasteiger partial charge >= 0.3 is 5.97 Å². The molecule has 2 aromatic rings. The van der Waals surface area contributed by atoms with Gasteiger partial charge in [0.25, 0.3) is 0 Å². The molecule has 2 N–H and O–H groups in total. The van der Waals surface area contributed by atoms with E-state index in [-0.39, 0.29) is 23.1 Å². The smallest absolute Gasteiger partial charge is 0.335 e. The molecule has 1 aromatic carbocycles. The molecule has 0 spiro atoms. The van der Waals surface area contributed by atoms with Crippen molar-refractivity contribution in [1.82, 2.24) is 4.72 Å². The number of thiophene rings is 1. The number of rotatable bonds is 6. The lowest BCUT2D eigenvalue weighted by Gasteiger charge is -2.13. The normalized spacial score (nSPS) is 17.7. The Bertz CT molecular complexity index is 882. The van der Waals surface area contributed by atoms with Crippen LogP contribution in [0, 0.1) is 6.92 Å². The summed E-state index contributed by atoms with van der Waals surface area (Å²) >= 11 is 1.45. The van der Waals surface area contributed by atoms with Gasteiger partial charge in [-0.05, 0) is 60.5 Å². The van der Waals surface area contributed by atoms with Crippen LogP contribution >= 0.6 is 11.3 Å². The molecule has 1 atom stereocenters. The Morgan fingerprint density at radius 3 is 2.80 bits per heavy atom. The third-order valence-electron chi connectivity index (χ3n) is 4.11. The number of carbonyl (C=O) groups is 1. The molecule has 1 aliphatic heterocycles. The van der Waals surface area contributed by atoms with Gasteiger partial charge in [0.05, 0.1) is 16.6 Å². The molecule has 1 fully saturated rings. The summed E-state index contributed by atoms with van der Waals surface area (Å²) in [5.41, 5.74) is 1.51. The molecule has 1 aliphatic rings. The van der Waals surface area contributed by atoms with Crippen molar-refractivity contribution in [2.45, 2.75) is 30.8 Å². The lowest BCUT2D eigenvalue weighted by atomic mass is 10.1. The molecular formula is C17H19NO5S2. The molecule has 0 radical (unpaired) electrons. The molecule has 134 valence electrons. The number of ether oxygens (including phenoxy) is 1. The van der Waals surface area contributed by atoms with E-state index >= 15 is 0 Å². The van der Waals surface area contributed by atoms with E-state index in [2.05, 4.69) is 4.72 Å². The van der Waals surface area contributed by atoms with Gasteiger partial charge in [-0.25, -0.2) is 17.9 Å². The van der Waals surface area contributed by atoms with Gasteiger partial charge in [0.15, 0.2) is 0 Å². The average Bonchev–Trinajstić information content (AvgIpc) is 3.24. The molecule has 0 bridgehead atoms.